The highest BCUT2D eigenvalue weighted by molar-refractivity contribution is 6.58. The van der Waals surface area contributed by atoms with Crippen LogP contribution in [0.1, 0.15) is 71.1 Å². The molecule has 1 aromatic carbocycles. The van der Waals surface area contributed by atoms with E-state index in [0.29, 0.717) is 80.5 Å². The molecule has 3 aromatic heterocycles. The maximum absolute atomic E-state index is 15.6. The minimum absolute atomic E-state index is 0. The first-order chi connectivity index (χ1) is 23.1. The van der Waals surface area contributed by atoms with Gasteiger partial charge in [-0.25, -0.2) is 9.97 Å². The maximum Gasteiger partial charge on any atom is 0.737 e. The Morgan fingerprint density at radius 3 is 2.57 bits per heavy atom. The van der Waals surface area contributed by atoms with Crippen molar-refractivity contribution >= 4 is 58.3 Å². The lowest BCUT2D eigenvalue weighted by molar-refractivity contribution is -0.362. The first kappa shape index (κ1) is 35.5. The third-order valence-corrected chi connectivity index (χ3v) is 8.94. The Balaban J connectivity index is 0.00000468. The molecule has 4 aromatic rings. The van der Waals surface area contributed by atoms with Crippen LogP contribution in [0.2, 0.25) is 0 Å². The number of amides is 2. The number of hydrogen-bond donors (Lipinski definition) is 3. The number of para-hydroxylation sites is 1. The van der Waals surface area contributed by atoms with Crippen LogP contribution < -0.4 is 16.4 Å². The summed E-state index contributed by atoms with van der Waals surface area (Å²) in [6.07, 6.45) is 5.79. The van der Waals surface area contributed by atoms with E-state index in [2.05, 4.69) is 15.6 Å². The van der Waals surface area contributed by atoms with Gasteiger partial charge >= 0.3 is 6.97 Å². The topological polar surface area (TPSA) is 132 Å². The van der Waals surface area contributed by atoms with Crippen molar-refractivity contribution in [3.05, 3.63) is 71.0 Å². The zero-order valence-corrected chi connectivity index (χ0v) is 27.6. The van der Waals surface area contributed by atoms with Gasteiger partial charge in [0, 0.05) is 68.4 Å². The van der Waals surface area contributed by atoms with Crippen molar-refractivity contribution in [1.29, 1.82) is 0 Å². The van der Waals surface area contributed by atoms with Gasteiger partial charge in [-0.2, -0.15) is 0 Å². The molecule has 14 heteroatoms. The second-order valence-electron chi connectivity index (χ2n) is 12.3. The molecular weight excluding hydrogens is 629 g/mol. The molecule has 2 aliphatic heterocycles. The summed E-state index contributed by atoms with van der Waals surface area (Å²) in [6.45, 7) is 3.48. The number of rotatable bonds is 14. The van der Waals surface area contributed by atoms with Crippen molar-refractivity contribution in [1.82, 2.24) is 29.6 Å². The van der Waals surface area contributed by atoms with Crippen molar-refractivity contribution in [2.45, 2.75) is 73.5 Å². The number of nitrogen functional groups attached to an aromatic ring is 1. The van der Waals surface area contributed by atoms with Crippen molar-refractivity contribution < 1.29 is 27.4 Å². The number of allylic oxidation sites excluding steroid dienone is 2. The van der Waals surface area contributed by atoms with E-state index >= 15 is 8.63 Å². The van der Waals surface area contributed by atoms with Crippen molar-refractivity contribution in [3.8, 4) is 0 Å². The van der Waals surface area contributed by atoms with Crippen LogP contribution in [0.25, 0.3) is 28.0 Å². The van der Waals surface area contributed by atoms with E-state index in [1.165, 1.54) is 0 Å². The van der Waals surface area contributed by atoms with E-state index in [1.54, 1.807) is 31.2 Å². The summed E-state index contributed by atoms with van der Waals surface area (Å²) in [6, 6.07) is 11.0. The summed E-state index contributed by atoms with van der Waals surface area (Å²) in [5.41, 5.74) is 11.0. The number of hydrogen-bond acceptors (Lipinski definition) is 6. The van der Waals surface area contributed by atoms with Gasteiger partial charge < -0.3 is 43.3 Å². The summed E-state index contributed by atoms with van der Waals surface area (Å²) >= 11 is 0. The fraction of sp³-hybridized carbons (Fsp3) is 0.400. The first-order valence-electron chi connectivity index (χ1n) is 16.5. The number of imidazole rings is 1. The molecule has 5 heterocycles. The molecular formula is C35H45BF2N8O3. The number of aromatic nitrogens is 4. The number of carbonyl (C=O) groups is 2. The van der Waals surface area contributed by atoms with Gasteiger partial charge in [-0.15, -0.1) is 0 Å². The molecule has 0 bridgehead atoms. The van der Waals surface area contributed by atoms with Gasteiger partial charge in [0.05, 0.1) is 17.5 Å². The monoisotopic (exact) mass is 674 g/mol. The lowest BCUT2D eigenvalue weighted by Gasteiger charge is -2.30. The minimum atomic E-state index is -4.10. The van der Waals surface area contributed by atoms with Gasteiger partial charge in [-0.3, -0.25) is 9.59 Å². The molecule has 0 saturated heterocycles. The number of halogens is 2. The number of benzene rings is 1. The molecule has 0 spiro atoms. The summed E-state index contributed by atoms with van der Waals surface area (Å²) in [7, 11) is 0. The van der Waals surface area contributed by atoms with Gasteiger partial charge in [-0.1, -0.05) is 32.0 Å². The number of unbranched alkanes of at least 4 members (excludes halogenated alkanes) is 2. The lowest BCUT2D eigenvalue weighted by atomic mass is 9.89. The highest BCUT2D eigenvalue weighted by Gasteiger charge is 2.52. The smallest absolute Gasteiger partial charge is 0.393 e. The van der Waals surface area contributed by atoms with Gasteiger partial charge in [0.25, 0.3) is 0 Å². The van der Waals surface area contributed by atoms with Crippen LogP contribution in [0.15, 0.2) is 53.7 Å². The molecule has 2 aliphatic rings. The lowest BCUT2D eigenvalue weighted by Crippen LogP contribution is -2.51. The number of fused-ring (bicyclic) bond motifs is 5. The zero-order chi connectivity index (χ0) is 34.0. The van der Waals surface area contributed by atoms with Crippen LogP contribution in [-0.4, -0.2) is 67.7 Å². The molecule has 49 heavy (non-hydrogen) atoms. The van der Waals surface area contributed by atoms with Gasteiger partial charge in [0.1, 0.15) is 23.7 Å². The Hall–Kier alpha value is -4.85. The summed E-state index contributed by atoms with van der Waals surface area (Å²) in [5, 5.41) is 6.77. The standard InChI is InChI=1S/C34H41BF2N8O3.CH4/c1-4-48-21-29-42-32-33(26-10-7-8-11-27(26)41-34(32)38)43(29)17-16-40-30(46)12-6-5-9-15-39-31(47)20-25-14-13-24-19-28-22(2)18-23(3)44(28)35(36,37)45(24)25;/h7-8,10-11,13-14,18-19H,4-6,9,12,15-17,20-21H2,1-3H3,(H2,38,41)(H,39,47)(H,40,46);1H4. The summed E-state index contributed by atoms with van der Waals surface area (Å²) in [5.74, 6) is 0.700. The maximum atomic E-state index is 15.6. The third kappa shape index (κ3) is 7.00. The molecule has 0 radical (unpaired) electrons. The second-order valence-corrected chi connectivity index (χ2v) is 12.3. The number of pyridine rings is 1. The Morgan fingerprint density at radius 1 is 1.00 bits per heavy atom. The third-order valence-electron chi connectivity index (χ3n) is 8.94. The Kier molecular flexibility index (Phi) is 10.7. The average Bonchev–Trinajstić information content (AvgIpc) is 3.72. The largest absolute Gasteiger partial charge is 0.737 e. The summed E-state index contributed by atoms with van der Waals surface area (Å²) < 4.78 is 41.0. The van der Waals surface area contributed by atoms with Crippen LogP contribution >= 0.6 is 0 Å². The molecule has 260 valence electrons. The van der Waals surface area contributed by atoms with E-state index in [-0.39, 0.29) is 31.4 Å². The highest BCUT2D eigenvalue weighted by Crippen LogP contribution is 2.35. The van der Waals surface area contributed by atoms with Gasteiger partial charge in [-0.05, 0) is 50.6 Å². The first-order valence-corrected chi connectivity index (χ1v) is 16.5. The van der Waals surface area contributed by atoms with Crippen LogP contribution in [-0.2, 0) is 33.9 Å². The molecule has 11 nitrogen and oxygen atoms in total. The number of anilines is 1. The van der Waals surface area contributed by atoms with Crippen LogP contribution in [0.3, 0.4) is 0 Å². The number of ether oxygens (including phenoxy) is 1. The van der Waals surface area contributed by atoms with Crippen molar-refractivity contribution in [2.75, 3.05) is 25.4 Å². The SMILES string of the molecule is C.CCOCc1nc2c(N)nc3ccccc3c2n1CCNC(=O)CCCCCNC(=O)Cc1ccc2n1[B-](F)(F)[N+]1=C(C)C=C(C)C1=C2. The molecule has 0 unspecified atom stereocenters. The number of nitrogens with one attached hydrogen (secondary N) is 2. The fourth-order valence-electron chi connectivity index (χ4n) is 6.72. The Bertz CT molecular complexity index is 2000. The quantitative estimate of drug-likeness (QED) is 0.125. The number of carbonyl (C=O) groups excluding carboxylic acids is 2. The van der Waals surface area contributed by atoms with Gasteiger partial charge in [0.15, 0.2) is 11.5 Å². The van der Waals surface area contributed by atoms with E-state index in [1.807, 2.05) is 42.7 Å². The van der Waals surface area contributed by atoms with Crippen LogP contribution in [0, 0.1) is 0 Å². The molecule has 0 fully saturated rings. The molecule has 0 saturated carbocycles. The predicted octanol–water partition coefficient (Wildman–Crippen LogP) is 5.19. The van der Waals surface area contributed by atoms with E-state index in [4.69, 9.17) is 15.5 Å². The second kappa shape index (κ2) is 14.7. The van der Waals surface area contributed by atoms with E-state index in [9.17, 15) is 9.59 Å². The average molecular weight is 675 g/mol. The predicted molar refractivity (Wildman–Crippen MR) is 190 cm³/mol. The van der Waals surface area contributed by atoms with E-state index in [0.717, 1.165) is 43.2 Å². The zero-order valence-electron chi connectivity index (χ0n) is 27.6. The molecule has 0 atom stereocenters. The number of nitrogens with two attached hydrogens (primary N) is 1. The molecule has 6 rings (SSSR count). The summed E-state index contributed by atoms with van der Waals surface area (Å²) in [4.78, 5) is 34.5. The molecule has 0 aliphatic carbocycles. The van der Waals surface area contributed by atoms with Crippen molar-refractivity contribution in [3.63, 3.8) is 0 Å². The number of nitrogens with zero attached hydrogens (tertiary/aromatic N) is 5. The van der Waals surface area contributed by atoms with E-state index < -0.39 is 6.97 Å². The highest BCUT2D eigenvalue weighted by atomic mass is 19.2. The van der Waals surface area contributed by atoms with Crippen LogP contribution in [0.4, 0.5) is 14.4 Å². The van der Waals surface area contributed by atoms with Crippen molar-refractivity contribution in [2.24, 2.45) is 0 Å². The molecule has 4 N–H and O–H groups in total. The Labute approximate surface area is 285 Å². The van der Waals surface area contributed by atoms with Gasteiger partial charge in [0.2, 0.25) is 11.8 Å². The van der Waals surface area contributed by atoms with Crippen LogP contribution in [0.5, 0.6) is 0 Å². The Morgan fingerprint density at radius 2 is 1.78 bits per heavy atom. The molecule has 2 amide bonds. The minimum Gasteiger partial charge on any atom is -0.393 e. The fourth-order valence-corrected chi connectivity index (χ4v) is 6.72. The normalized spacial score (nSPS) is 14.7.